The Bertz CT molecular complexity index is 531. The van der Waals surface area contributed by atoms with Gasteiger partial charge in [-0.1, -0.05) is 37.0 Å². The van der Waals surface area contributed by atoms with Gasteiger partial charge in [0.2, 0.25) is 5.91 Å². The van der Waals surface area contributed by atoms with E-state index in [-0.39, 0.29) is 11.8 Å². The van der Waals surface area contributed by atoms with E-state index in [2.05, 4.69) is 53.2 Å². The van der Waals surface area contributed by atoms with Gasteiger partial charge in [-0.2, -0.15) is 11.8 Å². The average molecular weight is 361 g/mol. The molecule has 25 heavy (non-hydrogen) atoms. The topological polar surface area (TPSA) is 32.3 Å². The molecule has 2 fully saturated rings. The van der Waals surface area contributed by atoms with Crippen LogP contribution in [0, 0.1) is 12.8 Å². The third-order valence-corrected chi connectivity index (χ3v) is 6.95. The highest BCUT2D eigenvalue weighted by molar-refractivity contribution is 7.99. The second-order valence-electron chi connectivity index (χ2n) is 7.52. The normalized spacial score (nSPS) is 19.8. The molecule has 3 nitrogen and oxygen atoms in total. The Hall–Kier alpha value is -1.16. The molecule has 2 aliphatic rings. The van der Waals surface area contributed by atoms with Crippen LogP contribution in [0.25, 0.3) is 0 Å². The maximum atomic E-state index is 12.4. The summed E-state index contributed by atoms with van der Waals surface area (Å²) < 4.78 is 0. The molecule has 0 bridgehead atoms. The molecule has 0 aromatic heterocycles. The zero-order chi connectivity index (χ0) is 17.5. The van der Waals surface area contributed by atoms with E-state index in [1.807, 2.05) is 0 Å². The summed E-state index contributed by atoms with van der Waals surface area (Å²) in [5.74, 6) is 1.53. The lowest BCUT2D eigenvalue weighted by atomic mass is 9.95. The van der Waals surface area contributed by atoms with E-state index in [0.29, 0.717) is 0 Å². The highest BCUT2D eigenvalue weighted by Crippen LogP contribution is 2.28. The molecule has 0 unspecified atom stereocenters. The molecular weight excluding hydrogens is 328 g/mol. The van der Waals surface area contributed by atoms with Gasteiger partial charge in [0, 0.05) is 42.2 Å². The predicted octanol–water partition coefficient (Wildman–Crippen LogP) is 4.39. The van der Waals surface area contributed by atoms with Gasteiger partial charge in [0.1, 0.15) is 0 Å². The van der Waals surface area contributed by atoms with Crippen molar-refractivity contribution in [2.45, 2.75) is 57.1 Å². The Morgan fingerprint density at radius 3 is 2.44 bits per heavy atom. The first-order chi connectivity index (χ1) is 12.2. The number of rotatable bonds is 6. The fraction of sp³-hybridized carbons (Fsp3) is 0.667. The van der Waals surface area contributed by atoms with Gasteiger partial charge in [0.05, 0.1) is 0 Å². The summed E-state index contributed by atoms with van der Waals surface area (Å²) in [7, 11) is 0. The minimum atomic E-state index is 0.196. The van der Waals surface area contributed by atoms with E-state index < -0.39 is 0 Å². The Labute approximate surface area is 156 Å². The number of hydrogen-bond acceptors (Lipinski definition) is 3. The van der Waals surface area contributed by atoms with Crippen LogP contribution in [0.3, 0.4) is 0 Å². The lowest BCUT2D eigenvalue weighted by molar-refractivity contribution is -0.125. The molecule has 1 aromatic carbocycles. The van der Waals surface area contributed by atoms with Gasteiger partial charge in [0.15, 0.2) is 0 Å². The van der Waals surface area contributed by atoms with E-state index in [1.165, 1.54) is 43.4 Å². The summed E-state index contributed by atoms with van der Waals surface area (Å²) in [6.07, 6.45) is 8.87. The molecule has 0 spiro atoms. The molecule has 1 saturated heterocycles. The van der Waals surface area contributed by atoms with Crippen LogP contribution >= 0.6 is 11.8 Å². The summed E-state index contributed by atoms with van der Waals surface area (Å²) >= 11 is 2.06. The van der Waals surface area contributed by atoms with Gasteiger partial charge in [-0.3, -0.25) is 4.79 Å². The van der Waals surface area contributed by atoms with Crippen molar-refractivity contribution in [2.75, 3.05) is 30.3 Å². The van der Waals surface area contributed by atoms with Crippen LogP contribution in [0.5, 0.6) is 0 Å². The van der Waals surface area contributed by atoms with Gasteiger partial charge in [-0.25, -0.2) is 0 Å². The molecule has 138 valence electrons. The van der Waals surface area contributed by atoms with E-state index in [0.717, 1.165) is 43.5 Å². The number of nitrogens with zero attached hydrogens (tertiary/aromatic N) is 1. The van der Waals surface area contributed by atoms with Crippen molar-refractivity contribution in [1.29, 1.82) is 0 Å². The molecule has 1 heterocycles. The minimum Gasteiger partial charge on any atom is -0.371 e. The Balaban J connectivity index is 1.33. The van der Waals surface area contributed by atoms with Crippen molar-refractivity contribution in [3.63, 3.8) is 0 Å². The molecule has 1 aliphatic carbocycles. The zero-order valence-electron chi connectivity index (χ0n) is 15.5. The monoisotopic (exact) mass is 360 g/mol. The number of carbonyl (C=O) groups is 1. The van der Waals surface area contributed by atoms with E-state index in [4.69, 9.17) is 0 Å². The smallest absolute Gasteiger partial charge is 0.223 e. The molecule has 0 radical (unpaired) electrons. The number of nitrogens with one attached hydrogen (secondary N) is 1. The van der Waals surface area contributed by atoms with Gasteiger partial charge in [-0.05, 0) is 44.7 Å². The van der Waals surface area contributed by atoms with Crippen LogP contribution in [0.4, 0.5) is 5.69 Å². The second kappa shape index (κ2) is 9.51. The molecule has 1 saturated carbocycles. The summed E-state index contributed by atoms with van der Waals surface area (Å²) in [5, 5.41) is 4.01. The van der Waals surface area contributed by atoms with Crippen LogP contribution in [0.1, 0.15) is 50.5 Å². The SMILES string of the molecule is Cc1ccc(N2CCC(C(=O)NCCSC3CCCCC3)CC2)cc1. The molecule has 1 aromatic rings. The number of anilines is 1. The van der Waals surface area contributed by atoms with Crippen LogP contribution in [0.15, 0.2) is 24.3 Å². The Morgan fingerprint density at radius 1 is 1.08 bits per heavy atom. The van der Waals surface area contributed by atoms with Crippen LogP contribution in [-0.2, 0) is 4.79 Å². The first-order valence-electron chi connectivity index (χ1n) is 9.93. The number of thioether (sulfide) groups is 1. The van der Waals surface area contributed by atoms with Crippen LogP contribution in [0.2, 0.25) is 0 Å². The lowest BCUT2D eigenvalue weighted by Gasteiger charge is -2.33. The van der Waals surface area contributed by atoms with Gasteiger partial charge in [-0.15, -0.1) is 0 Å². The van der Waals surface area contributed by atoms with Crippen LogP contribution in [-0.4, -0.2) is 36.5 Å². The van der Waals surface area contributed by atoms with E-state index in [9.17, 15) is 4.79 Å². The highest BCUT2D eigenvalue weighted by Gasteiger charge is 2.25. The molecule has 1 amide bonds. The van der Waals surface area contributed by atoms with Crippen LogP contribution < -0.4 is 10.2 Å². The Kier molecular flexibility index (Phi) is 7.09. The van der Waals surface area contributed by atoms with Crippen molar-refractivity contribution in [3.05, 3.63) is 29.8 Å². The van der Waals surface area contributed by atoms with Crippen molar-refractivity contribution in [3.8, 4) is 0 Å². The third kappa shape index (κ3) is 5.67. The predicted molar refractivity (Wildman–Crippen MR) is 108 cm³/mol. The maximum absolute atomic E-state index is 12.4. The molecule has 1 N–H and O–H groups in total. The highest BCUT2D eigenvalue weighted by atomic mass is 32.2. The minimum absolute atomic E-state index is 0.196. The molecule has 3 rings (SSSR count). The summed E-state index contributed by atoms with van der Waals surface area (Å²) in [6.45, 7) is 4.92. The fourth-order valence-corrected chi connectivity index (χ4v) is 5.15. The van der Waals surface area contributed by atoms with Gasteiger partial charge >= 0.3 is 0 Å². The van der Waals surface area contributed by atoms with Gasteiger partial charge in [0.25, 0.3) is 0 Å². The first-order valence-corrected chi connectivity index (χ1v) is 11.0. The fourth-order valence-electron chi connectivity index (χ4n) is 3.93. The summed E-state index contributed by atoms with van der Waals surface area (Å²) in [6, 6.07) is 8.71. The molecule has 0 atom stereocenters. The largest absolute Gasteiger partial charge is 0.371 e. The van der Waals surface area contributed by atoms with Gasteiger partial charge < -0.3 is 10.2 Å². The Morgan fingerprint density at radius 2 is 1.76 bits per heavy atom. The number of hydrogen-bond donors (Lipinski definition) is 1. The average Bonchev–Trinajstić information content (AvgIpc) is 2.67. The number of carbonyl (C=O) groups excluding carboxylic acids is 1. The number of aryl methyl sites for hydroxylation is 1. The van der Waals surface area contributed by atoms with Crippen molar-refractivity contribution >= 4 is 23.4 Å². The lowest BCUT2D eigenvalue weighted by Crippen LogP contribution is -2.41. The summed E-state index contributed by atoms with van der Waals surface area (Å²) in [5.41, 5.74) is 2.58. The molecular formula is C21H32N2OS. The summed E-state index contributed by atoms with van der Waals surface area (Å²) in [4.78, 5) is 14.8. The zero-order valence-corrected chi connectivity index (χ0v) is 16.3. The third-order valence-electron chi connectivity index (χ3n) is 5.57. The van der Waals surface area contributed by atoms with E-state index >= 15 is 0 Å². The quantitative estimate of drug-likeness (QED) is 0.764. The number of amides is 1. The maximum Gasteiger partial charge on any atom is 0.223 e. The first kappa shape index (κ1) is 18.6. The number of benzene rings is 1. The number of piperidine rings is 1. The molecule has 4 heteroatoms. The second-order valence-corrected chi connectivity index (χ2v) is 8.93. The standard InChI is InChI=1S/C21H32N2OS/c1-17-7-9-19(10-8-17)23-14-11-18(12-15-23)21(24)22-13-16-25-20-5-3-2-4-6-20/h7-10,18,20H,2-6,11-16H2,1H3,(H,22,24). The van der Waals surface area contributed by atoms with Crippen molar-refractivity contribution < 1.29 is 4.79 Å². The molecule has 1 aliphatic heterocycles. The van der Waals surface area contributed by atoms with Crippen molar-refractivity contribution in [2.24, 2.45) is 5.92 Å². The van der Waals surface area contributed by atoms with E-state index in [1.54, 1.807) is 0 Å². The van der Waals surface area contributed by atoms with Crippen molar-refractivity contribution in [1.82, 2.24) is 5.32 Å².